The zero-order valence-electron chi connectivity index (χ0n) is 13.4. The quantitative estimate of drug-likeness (QED) is 0.640. The Morgan fingerprint density at radius 2 is 1.75 bits per heavy atom. The second kappa shape index (κ2) is 7.97. The Kier molecular flexibility index (Phi) is 5.99. The highest BCUT2D eigenvalue weighted by Gasteiger charge is 2.15. The molecular weight excluding hydrogens is 324 g/mol. The van der Waals surface area contributed by atoms with Crippen molar-refractivity contribution in [3.63, 3.8) is 0 Å². The molecule has 0 atom stereocenters. The minimum Gasteiger partial charge on any atom is -0.397 e. The average molecular weight is 345 g/mol. The number of hydrogen-bond donors (Lipinski definition) is 2. The predicted octanol–water partition coefficient (Wildman–Crippen LogP) is 3.78. The van der Waals surface area contributed by atoms with Crippen LogP contribution in [0.4, 0.5) is 11.4 Å². The van der Waals surface area contributed by atoms with Gasteiger partial charge in [0.15, 0.2) is 5.78 Å². The SMILES string of the molecule is Cl.Nc1ccccc1NC(=O)CCC(=O)c1ccc2c(c1)CCC2. The van der Waals surface area contributed by atoms with Gasteiger partial charge < -0.3 is 11.1 Å². The molecule has 5 heteroatoms. The first-order chi connectivity index (χ1) is 11.1. The second-order valence-electron chi connectivity index (χ2n) is 5.90. The summed E-state index contributed by atoms with van der Waals surface area (Å²) in [6, 6.07) is 13.0. The number of carbonyl (C=O) groups excluding carboxylic acids is 2. The van der Waals surface area contributed by atoms with Crippen LogP contribution in [-0.4, -0.2) is 11.7 Å². The highest BCUT2D eigenvalue weighted by molar-refractivity contribution is 6.00. The summed E-state index contributed by atoms with van der Waals surface area (Å²) < 4.78 is 0. The number of aryl methyl sites for hydroxylation is 2. The van der Waals surface area contributed by atoms with Crippen LogP contribution >= 0.6 is 12.4 Å². The molecule has 24 heavy (non-hydrogen) atoms. The van der Waals surface area contributed by atoms with Crippen molar-refractivity contribution in [2.45, 2.75) is 32.1 Å². The standard InChI is InChI=1S/C19H20N2O2.ClH/c20-16-6-1-2-7-17(16)21-19(23)11-10-18(22)15-9-8-13-4-3-5-14(13)12-15;/h1-2,6-9,12H,3-5,10-11,20H2,(H,21,23);1H. The topological polar surface area (TPSA) is 72.2 Å². The maximum Gasteiger partial charge on any atom is 0.224 e. The van der Waals surface area contributed by atoms with E-state index in [1.54, 1.807) is 12.1 Å². The van der Waals surface area contributed by atoms with E-state index in [0.717, 1.165) is 19.3 Å². The summed E-state index contributed by atoms with van der Waals surface area (Å²) in [4.78, 5) is 24.2. The van der Waals surface area contributed by atoms with Gasteiger partial charge in [-0.1, -0.05) is 24.3 Å². The Balaban J connectivity index is 0.00000208. The Morgan fingerprint density at radius 3 is 2.54 bits per heavy atom. The van der Waals surface area contributed by atoms with Gasteiger partial charge in [-0.25, -0.2) is 0 Å². The maximum atomic E-state index is 12.3. The molecule has 126 valence electrons. The monoisotopic (exact) mass is 344 g/mol. The number of carbonyl (C=O) groups is 2. The number of amides is 1. The van der Waals surface area contributed by atoms with Crippen LogP contribution < -0.4 is 11.1 Å². The number of Topliss-reactive ketones (excluding diaryl/α,β-unsaturated/α-hetero) is 1. The zero-order chi connectivity index (χ0) is 16.2. The molecule has 0 aliphatic heterocycles. The third kappa shape index (κ3) is 4.15. The minimum absolute atomic E-state index is 0. The van der Waals surface area contributed by atoms with Crippen molar-refractivity contribution in [2.75, 3.05) is 11.1 Å². The number of halogens is 1. The number of nitrogens with one attached hydrogen (secondary N) is 1. The summed E-state index contributed by atoms with van der Waals surface area (Å²) in [5, 5.41) is 2.74. The molecule has 0 fully saturated rings. The van der Waals surface area contributed by atoms with Crippen LogP contribution in [0.1, 0.15) is 40.7 Å². The lowest BCUT2D eigenvalue weighted by Crippen LogP contribution is -2.14. The molecule has 0 spiro atoms. The van der Waals surface area contributed by atoms with Crippen LogP contribution in [0.15, 0.2) is 42.5 Å². The van der Waals surface area contributed by atoms with Gasteiger partial charge in [-0.05, 0) is 48.6 Å². The maximum absolute atomic E-state index is 12.3. The molecule has 1 aliphatic rings. The van der Waals surface area contributed by atoms with Crippen LogP contribution in [0.25, 0.3) is 0 Å². The molecule has 0 bridgehead atoms. The van der Waals surface area contributed by atoms with E-state index >= 15 is 0 Å². The van der Waals surface area contributed by atoms with E-state index in [-0.39, 0.29) is 36.9 Å². The lowest BCUT2D eigenvalue weighted by Gasteiger charge is -2.08. The van der Waals surface area contributed by atoms with Crippen LogP contribution in [-0.2, 0) is 17.6 Å². The Hall–Kier alpha value is -2.33. The van der Waals surface area contributed by atoms with Crippen LogP contribution in [0.5, 0.6) is 0 Å². The lowest BCUT2D eigenvalue weighted by atomic mass is 10.0. The number of para-hydroxylation sites is 2. The molecule has 2 aromatic rings. The number of nitrogens with two attached hydrogens (primary N) is 1. The number of nitrogen functional groups attached to an aromatic ring is 1. The molecule has 0 saturated heterocycles. The first kappa shape index (κ1) is 18.0. The van der Waals surface area contributed by atoms with Gasteiger partial charge >= 0.3 is 0 Å². The highest BCUT2D eigenvalue weighted by atomic mass is 35.5. The van der Waals surface area contributed by atoms with E-state index in [4.69, 9.17) is 5.73 Å². The van der Waals surface area contributed by atoms with Gasteiger partial charge in [0.1, 0.15) is 0 Å². The number of ketones is 1. The van der Waals surface area contributed by atoms with Crippen molar-refractivity contribution in [1.82, 2.24) is 0 Å². The van der Waals surface area contributed by atoms with Gasteiger partial charge in [0, 0.05) is 18.4 Å². The Morgan fingerprint density at radius 1 is 1.00 bits per heavy atom. The van der Waals surface area contributed by atoms with Crippen molar-refractivity contribution in [2.24, 2.45) is 0 Å². The summed E-state index contributed by atoms with van der Waals surface area (Å²) in [5.41, 5.74) is 10.2. The average Bonchev–Trinajstić information content (AvgIpc) is 3.02. The number of anilines is 2. The smallest absolute Gasteiger partial charge is 0.224 e. The Bertz CT molecular complexity index is 759. The molecule has 1 aliphatic carbocycles. The first-order valence-electron chi connectivity index (χ1n) is 7.93. The molecule has 0 aromatic heterocycles. The molecule has 0 radical (unpaired) electrons. The molecule has 1 amide bonds. The van der Waals surface area contributed by atoms with Crippen LogP contribution in [0.2, 0.25) is 0 Å². The van der Waals surface area contributed by atoms with Gasteiger partial charge in [-0.15, -0.1) is 12.4 Å². The number of fused-ring (bicyclic) bond motifs is 1. The molecule has 2 aromatic carbocycles. The molecule has 0 unspecified atom stereocenters. The Labute approximate surface area is 147 Å². The summed E-state index contributed by atoms with van der Waals surface area (Å²) in [7, 11) is 0. The van der Waals surface area contributed by atoms with Crippen molar-refractivity contribution < 1.29 is 9.59 Å². The van der Waals surface area contributed by atoms with Gasteiger partial charge in [-0.3, -0.25) is 9.59 Å². The van der Waals surface area contributed by atoms with E-state index in [0.29, 0.717) is 16.9 Å². The van der Waals surface area contributed by atoms with E-state index in [1.165, 1.54) is 11.1 Å². The molecular formula is C19H21ClN2O2. The van der Waals surface area contributed by atoms with Crippen molar-refractivity contribution in [1.29, 1.82) is 0 Å². The van der Waals surface area contributed by atoms with Gasteiger partial charge in [0.2, 0.25) is 5.91 Å². The fourth-order valence-corrected chi connectivity index (χ4v) is 2.94. The number of benzene rings is 2. The largest absolute Gasteiger partial charge is 0.397 e. The molecule has 3 rings (SSSR count). The summed E-state index contributed by atoms with van der Waals surface area (Å²) >= 11 is 0. The van der Waals surface area contributed by atoms with Gasteiger partial charge in [0.05, 0.1) is 11.4 Å². The van der Waals surface area contributed by atoms with Crippen molar-refractivity contribution in [3.8, 4) is 0 Å². The van der Waals surface area contributed by atoms with E-state index in [9.17, 15) is 9.59 Å². The van der Waals surface area contributed by atoms with Gasteiger partial charge in [-0.2, -0.15) is 0 Å². The van der Waals surface area contributed by atoms with Gasteiger partial charge in [0.25, 0.3) is 0 Å². The highest BCUT2D eigenvalue weighted by Crippen LogP contribution is 2.23. The second-order valence-corrected chi connectivity index (χ2v) is 5.90. The predicted molar refractivity (Wildman–Crippen MR) is 98.8 cm³/mol. The van der Waals surface area contributed by atoms with Crippen LogP contribution in [0, 0.1) is 0 Å². The zero-order valence-corrected chi connectivity index (χ0v) is 14.2. The fourth-order valence-electron chi connectivity index (χ4n) is 2.94. The van der Waals surface area contributed by atoms with E-state index < -0.39 is 0 Å². The summed E-state index contributed by atoms with van der Waals surface area (Å²) in [5.74, 6) is -0.187. The normalized spacial score (nSPS) is 12.2. The number of rotatable bonds is 5. The lowest BCUT2D eigenvalue weighted by molar-refractivity contribution is -0.116. The molecule has 0 saturated carbocycles. The van der Waals surface area contributed by atoms with Crippen LogP contribution in [0.3, 0.4) is 0 Å². The number of hydrogen-bond acceptors (Lipinski definition) is 3. The van der Waals surface area contributed by atoms with E-state index in [1.807, 2.05) is 30.3 Å². The molecule has 4 nitrogen and oxygen atoms in total. The first-order valence-corrected chi connectivity index (χ1v) is 7.93. The summed E-state index contributed by atoms with van der Waals surface area (Å²) in [6.45, 7) is 0. The third-order valence-corrected chi connectivity index (χ3v) is 4.23. The minimum atomic E-state index is -0.197. The fraction of sp³-hybridized carbons (Fsp3) is 0.263. The van der Waals surface area contributed by atoms with Crippen molar-refractivity contribution >= 4 is 35.5 Å². The molecule has 0 heterocycles. The van der Waals surface area contributed by atoms with Crippen molar-refractivity contribution in [3.05, 3.63) is 59.2 Å². The van der Waals surface area contributed by atoms with E-state index in [2.05, 4.69) is 5.32 Å². The molecule has 3 N–H and O–H groups in total. The third-order valence-electron chi connectivity index (χ3n) is 4.23. The summed E-state index contributed by atoms with van der Waals surface area (Å²) in [6.07, 6.45) is 3.67.